The molecular formula is C14H11ClN4O3S. The molecular weight excluding hydrogens is 340 g/mol. The number of hydrogen-bond acceptors (Lipinski definition) is 5. The lowest BCUT2D eigenvalue weighted by atomic mass is 10.3. The van der Waals surface area contributed by atoms with Gasteiger partial charge in [-0.05, 0) is 18.2 Å². The maximum absolute atomic E-state index is 12.2. The molecule has 3 heterocycles. The van der Waals surface area contributed by atoms with Gasteiger partial charge in [0.1, 0.15) is 5.65 Å². The van der Waals surface area contributed by atoms with Crippen LogP contribution in [0.3, 0.4) is 0 Å². The van der Waals surface area contributed by atoms with Crippen molar-refractivity contribution >= 4 is 45.6 Å². The summed E-state index contributed by atoms with van der Waals surface area (Å²) >= 11 is 6.96. The Bertz CT molecular complexity index is 1050. The Morgan fingerprint density at radius 1 is 1.26 bits per heavy atom. The highest BCUT2D eigenvalue weighted by Gasteiger charge is 2.13. The van der Waals surface area contributed by atoms with Crippen molar-refractivity contribution in [3.05, 3.63) is 54.4 Å². The van der Waals surface area contributed by atoms with Crippen molar-refractivity contribution in [2.45, 2.75) is 0 Å². The van der Waals surface area contributed by atoms with Gasteiger partial charge in [-0.25, -0.2) is 9.78 Å². The first-order valence-electron chi connectivity index (χ1n) is 6.51. The molecule has 0 atom stereocenters. The van der Waals surface area contributed by atoms with E-state index < -0.39 is 11.2 Å². The van der Waals surface area contributed by atoms with Gasteiger partial charge in [0.15, 0.2) is 0 Å². The van der Waals surface area contributed by atoms with Crippen LogP contribution in [0.1, 0.15) is 9.67 Å². The molecule has 0 unspecified atom stereocenters. The van der Waals surface area contributed by atoms with E-state index in [-0.39, 0.29) is 16.9 Å². The molecule has 3 rings (SSSR count). The van der Waals surface area contributed by atoms with E-state index in [0.29, 0.717) is 14.9 Å². The fourth-order valence-corrected chi connectivity index (χ4v) is 3.10. The summed E-state index contributed by atoms with van der Waals surface area (Å²) in [5, 5.41) is 2.91. The van der Waals surface area contributed by atoms with Crippen molar-refractivity contribution < 1.29 is 4.79 Å². The molecule has 0 aromatic carbocycles. The molecule has 0 saturated heterocycles. The minimum absolute atomic E-state index is 0.247. The van der Waals surface area contributed by atoms with Crippen molar-refractivity contribution in [2.75, 3.05) is 5.32 Å². The van der Waals surface area contributed by atoms with Crippen LogP contribution in [0.25, 0.3) is 11.0 Å². The number of rotatable bonds is 2. The Kier molecular flexibility index (Phi) is 3.78. The number of carbonyl (C=O) groups excluding carboxylic acids is 1. The summed E-state index contributed by atoms with van der Waals surface area (Å²) in [6.45, 7) is 0. The lowest BCUT2D eigenvalue weighted by molar-refractivity contribution is 0.103. The fourth-order valence-electron chi connectivity index (χ4n) is 2.16. The number of carbonyl (C=O) groups is 1. The first-order valence-corrected chi connectivity index (χ1v) is 7.70. The molecule has 0 spiro atoms. The molecule has 1 amide bonds. The van der Waals surface area contributed by atoms with E-state index in [2.05, 4.69) is 10.3 Å². The first kappa shape index (κ1) is 15.4. The van der Waals surface area contributed by atoms with Crippen LogP contribution in [0.5, 0.6) is 0 Å². The van der Waals surface area contributed by atoms with Crippen LogP contribution in [0.4, 0.5) is 5.69 Å². The average Bonchev–Trinajstić information content (AvgIpc) is 2.97. The van der Waals surface area contributed by atoms with Gasteiger partial charge >= 0.3 is 5.69 Å². The number of anilines is 1. The average molecular weight is 351 g/mol. The summed E-state index contributed by atoms with van der Waals surface area (Å²) in [4.78, 5) is 40.7. The topological polar surface area (TPSA) is 86.0 Å². The zero-order chi connectivity index (χ0) is 16.7. The van der Waals surface area contributed by atoms with E-state index in [1.807, 2.05) is 0 Å². The Morgan fingerprint density at radius 2 is 2.00 bits per heavy atom. The van der Waals surface area contributed by atoms with Gasteiger partial charge in [0, 0.05) is 14.1 Å². The molecule has 1 N–H and O–H groups in total. The number of thiophene rings is 1. The van der Waals surface area contributed by atoms with Crippen molar-refractivity contribution in [1.82, 2.24) is 14.1 Å². The fraction of sp³-hybridized carbons (Fsp3) is 0.143. The van der Waals surface area contributed by atoms with Gasteiger partial charge in [0.05, 0.1) is 26.5 Å². The molecule has 3 aromatic rings. The van der Waals surface area contributed by atoms with Gasteiger partial charge in [-0.2, -0.15) is 0 Å². The van der Waals surface area contributed by atoms with Crippen LogP contribution in [-0.2, 0) is 14.1 Å². The molecule has 0 radical (unpaired) electrons. The first-order chi connectivity index (χ1) is 10.9. The third-order valence-corrected chi connectivity index (χ3v) is 4.58. The predicted molar refractivity (Wildman–Crippen MR) is 89.5 cm³/mol. The second-order valence-electron chi connectivity index (χ2n) is 4.86. The summed E-state index contributed by atoms with van der Waals surface area (Å²) in [5.41, 5.74) is -0.302. The molecule has 0 aliphatic rings. The zero-order valence-electron chi connectivity index (χ0n) is 12.2. The standard InChI is InChI=1S/C14H11ClN4O3S/c1-18-11-8(13(21)19(2)14(18)22)5-7(6-16-11)17-12(20)9-3-4-10(15)23-9/h3-6H,1-2H3,(H,17,20). The molecule has 0 saturated carbocycles. The van der Waals surface area contributed by atoms with E-state index in [4.69, 9.17) is 11.6 Å². The number of aromatic nitrogens is 3. The highest BCUT2D eigenvalue weighted by molar-refractivity contribution is 7.18. The Hall–Kier alpha value is -2.45. The normalized spacial score (nSPS) is 10.9. The summed E-state index contributed by atoms with van der Waals surface area (Å²) in [6.07, 6.45) is 1.40. The number of fused-ring (bicyclic) bond motifs is 1. The van der Waals surface area contributed by atoms with Gasteiger partial charge in [-0.15, -0.1) is 11.3 Å². The maximum Gasteiger partial charge on any atom is 0.332 e. The van der Waals surface area contributed by atoms with Crippen molar-refractivity contribution in [2.24, 2.45) is 14.1 Å². The second-order valence-corrected chi connectivity index (χ2v) is 6.57. The summed E-state index contributed by atoms with van der Waals surface area (Å²) in [7, 11) is 2.92. The molecule has 118 valence electrons. The number of pyridine rings is 1. The Balaban J connectivity index is 2.05. The van der Waals surface area contributed by atoms with Gasteiger partial charge in [-0.3, -0.25) is 18.7 Å². The summed E-state index contributed by atoms with van der Waals surface area (Å²) < 4.78 is 2.78. The molecule has 0 bridgehead atoms. The van der Waals surface area contributed by atoms with E-state index in [0.717, 1.165) is 15.9 Å². The van der Waals surface area contributed by atoms with Crippen LogP contribution in [0.2, 0.25) is 4.34 Å². The summed E-state index contributed by atoms with van der Waals surface area (Å²) in [5.74, 6) is -0.343. The molecule has 0 aliphatic heterocycles. The van der Waals surface area contributed by atoms with E-state index >= 15 is 0 Å². The number of nitrogens with zero attached hydrogens (tertiary/aromatic N) is 3. The minimum atomic E-state index is -0.467. The van der Waals surface area contributed by atoms with Gasteiger partial charge in [0.25, 0.3) is 11.5 Å². The van der Waals surface area contributed by atoms with Gasteiger partial charge in [0.2, 0.25) is 0 Å². The molecule has 23 heavy (non-hydrogen) atoms. The van der Waals surface area contributed by atoms with Crippen LogP contribution in [0.15, 0.2) is 34.0 Å². The van der Waals surface area contributed by atoms with Gasteiger partial charge in [-0.1, -0.05) is 11.6 Å². The number of hydrogen-bond donors (Lipinski definition) is 1. The van der Waals surface area contributed by atoms with Crippen molar-refractivity contribution in [1.29, 1.82) is 0 Å². The molecule has 9 heteroatoms. The Labute approximate surface area is 138 Å². The third kappa shape index (κ3) is 2.66. The number of aryl methyl sites for hydroxylation is 1. The molecule has 0 aliphatic carbocycles. The van der Waals surface area contributed by atoms with Crippen molar-refractivity contribution in [3.8, 4) is 0 Å². The maximum atomic E-state index is 12.2. The molecule has 0 fully saturated rings. The van der Waals surface area contributed by atoms with E-state index in [1.165, 1.54) is 30.9 Å². The smallest absolute Gasteiger partial charge is 0.320 e. The predicted octanol–water partition coefficient (Wildman–Crippen LogP) is 1.60. The quantitative estimate of drug-likeness (QED) is 0.760. The largest absolute Gasteiger partial charge is 0.332 e. The second kappa shape index (κ2) is 5.64. The highest BCUT2D eigenvalue weighted by Crippen LogP contribution is 2.22. The molecule has 3 aromatic heterocycles. The van der Waals surface area contributed by atoms with Crippen LogP contribution in [-0.4, -0.2) is 20.0 Å². The number of nitrogens with one attached hydrogen (secondary N) is 1. The SMILES string of the molecule is Cn1c(=O)c2cc(NC(=O)c3ccc(Cl)s3)cnc2n(C)c1=O. The van der Waals surface area contributed by atoms with Crippen LogP contribution in [0, 0.1) is 0 Å². The summed E-state index contributed by atoms with van der Waals surface area (Å²) in [6, 6.07) is 4.74. The number of halogens is 1. The lowest BCUT2D eigenvalue weighted by Gasteiger charge is -2.08. The monoisotopic (exact) mass is 350 g/mol. The van der Waals surface area contributed by atoms with E-state index in [1.54, 1.807) is 12.1 Å². The molecule has 7 nitrogen and oxygen atoms in total. The number of amides is 1. The van der Waals surface area contributed by atoms with Crippen molar-refractivity contribution in [3.63, 3.8) is 0 Å². The van der Waals surface area contributed by atoms with Crippen LogP contribution >= 0.6 is 22.9 Å². The highest BCUT2D eigenvalue weighted by atomic mass is 35.5. The lowest BCUT2D eigenvalue weighted by Crippen LogP contribution is -2.37. The van der Waals surface area contributed by atoms with Crippen LogP contribution < -0.4 is 16.6 Å². The van der Waals surface area contributed by atoms with Gasteiger partial charge < -0.3 is 5.32 Å². The minimum Gasteiger partial charge on any atom is -0.320 e. The zero-order valence-corrected chi connectivity index (χ0v) is 13.7. The third-order valence-electron chi connectivity index (χ3n) is 3.35. The Morgan fingerprint density at radius 3 is 2.65 bits per heavy atom. The van der Waals surface area contributed by atoms with E-state index in [9.17, 15) is 14.4 Å².